The van der Waals surface area contributed by atoms with Gasteiger partial charge in [0.15, 0.2) is 5.17 Å². The average molecular weight is 405 g/mol. The normalized spacial score (nSPS) is 24.2. The first-order chi connectivity index (χ1) is 13.0. The van der Waals surface area contributed by atoms with Gasteiger partial charge in [-0.2, -0.15) is 0 Å². The van der Waals surface area contributed by atoms with Crippen molar-refractivity contribution in [1.82, 2.24) is 4.98 Å². The van der Waals surface area contributed by atoms with E-state index in [4.69, 9.17) is 17.3 Å². The summed E-state index contributed by atoms with van der Waals surface area (Å²) in [5, 5.41) is 3.49. The zero-order valence-electron chi connectivity index (χ0n) is 14.4. The zero-order chi connectivity index (χ0) is 19.0. The van der Waals surface area contributed by atoms with E-state index in [2.05, 4.69) is 15.3 Å². The fourth-order valence-corrected chi connectivity index (χ4v) is 5.13. The zero-order valence-corrected chi connectivity index (χ0v) is 16.0. The molecule has 0 spiro atoms. The number of carbonyl (C=O) groups is 1. The summed E-state index contributed by atoms with van der Waals surface area (Å²) in [6.07, 6.45) is 2.72. The Morgan fingerprint density at radius 3 is 3.04 bits per heavy atom. The van der Waals surface area contributed by atoms with Gasteiger partial charge < -0.3 is 11.1 Å². The van der Waals surface area contributed by atoms with E-state index in [-0.39, 0.29) is 22.6 Å². The molecule has 3 N–H and O–H groups in total. The summed E-state index contributed by atoms with van der Waals surface area (Å²) in [5.41, 5.74) is 6.51. The van der Waals surface area contributed by atoms with Crippen molar-refractivity contribution in [3.8, 4) is 0 Å². The highest BCUT2D eigenvalue weighted by Gasteiger charge is 2.48. The molecule has 0 unspecified atom stereocenters. The summed E-state index contributed by atoms with van der Waals surface area (Å²) < 4.78 is 14.8. The summed E-state index contributed by atoms with van der Waals surface area (Å²) in [6, 6.07) is 9.39. The molecule has 1 aromatic carbocycles. The van der Waals surface area contributed by atoms with Crippen LogP contribution in [-0.4, -0.2) is 21.8 Å². The molecule has 1 fully saturated rings. The Bertz CT molecular complexity index is 938. The number of benzene rings is 1. The van der Waals surface area contributed by atoms with Gasteiger partial charge in [0.05, 0.1) is 5.54 Å². The molecule has 2 aromatic rings. The maximum atomic E-state index is 14.8. The second-order valence-corrected chi connectivity index (χ2v) is 8.20. The second kappa shape index (κ2) is 7.13. The van der Waals surface area contributed by atoms with Crippen LogP contribution in [0.4, 0.5) is 10.1 Å². The molecule has 0 radical (unpaired) electrons. The molecule has 0 bridgehead atoms. The van der Waals surface area contributed by atoms with Crippen LogP contribution in [0, 0.1) is 11.7 Å². The molecular weight excluding hydrogens is 387 g/mol. The van der Waals surface area contributed by atoms with Gasteiger partial charge in [-0.05, 0) is 49.1 Å². The molecule has 1 aromatic heterocycles. The minimum Gasteiger partial charge on any atom is -0.379 e. The average Bonchev–Trinajstić information content (AvgIpc) is 3.07. The van der Waals surface area contributed by atoms with Gasteiger partial charge in [0.2, 0.25) is 0 Å². The van der Waals surface area contributed by atoms with Crippen molar-refractivity contribution >= 4 is 40.1 Å². The molecule has 2 atom stereocenters. The van der Waals surface area contributed by atoms with Crippen LogP contribution in [0.2, 0.25) is 5.15 Å². The van der Waals surface area contributed by atoms with Crippen LogP contribution in [0.3, 0.4) is 0 Å². The number of halogens is 2. The van der Waals surface area contributed by atoms with Crippen LogP contribution in [0.1, 0.15) is 35.3 Å². The third-order valence-electron chi connectivity index (χ3n) is 5.17. The third kappa shape index (κ3) is 3.41. The Morgan fingerprint density at radius 1 is 1.37 bits per heavy atom. The monoisotopic (exact) mass is 404 g/mol. The first-order valence-electron chi connectivity index (χ1n) is 8.70. The number of amides is 1. The summed E-state index contributed by atoms with van der Waals surface area (Å²) in [4.78, 5) is 21.1. The van der Waals surface area contributed by atoms with E-state index in [0.717, 1.165) is 25.0 Å². The van der Waals surface area contributed by atoms with Crippen molar-refractivity contribution in [2.75, 3.05) is 11.1 Å². The van der Waals surface area contributed by atoms with E-state index >= 15 is 0 Å². The predicted octanol–water partition coefficient (Wildman–Crippen LogP) is 4.18. The van der Waals surface area contributed by atoms with E-state index < -0.39 is 11.4 Å². The van der Waals surface area contributed by atoms with Crippen LogP contribution >= 0.6 is 23.4 Å². The van der Waals surface area contributed by atoms with E-state index in [1.807, 2.05) is 0 Å². The second-order valence-electron chi connectivity index (χ2n) is 6.77. The number of hydrogen-bond donors (Lipinski definition) is 2. The summed E-state index contributed by atoms with van der Waals surface area (Å²) in [5.74, 6) is 0.337. The van der Waals surface area contributed by atoms with Crippen LogP contribution in [-0.2, 0) is 5.54 Å². The van der Waals surface area contributed by atoms with Crippen LogP contribution in [0.5, 0.6) is 0 Å². The van der Waals surface area contributed by atoms with Crippen molar-refractivity contribution in [3.63, 3.8) is 0 Å². The Kier molecular flexibility index (Phi) is 4.82. The standard InChI is InChI=1S/C19H18ClFN4OS/c20-16-5-1-4-15(24-16)17(26)23-12-6-7-14(21)13(9-12)19-8-2-3-11(19)10-27-18(22)25-19/h1,4-7,9,11H,2-3,8,10H2,(H2,22,25)(H,23,26)/t11-,19-/m0/s1. The molecule has 27 heavy (non-hydrogen) atoms. The molecule has 2 heterocycles. The number of rotatable bonds is 3. The van der Waals surface area contributed by atoms with Gasteiger partial charge >= 0.3 is 0 Å². The molecule has 1 amide bonds. The number of nitrogens with one attached hydrogen (secondary N) is 1. The van der Waals surface area contributed by atoms with Crippen LogP contribution in [0.25, 0.3) is 0 Å². The number of amidine groups is 1. The number of fused-ring (bicyclic) bond motifs is 1. The molecule has 1 aliphatic carbocycles. The number of nitrogens with zero attached hydrogens (tertiary/aromatic N) is 2. The van der Waals surface area contributed by atoms with Gasteiger partial charge in [0.25, 0.3) is 5.91 Å². The Hall–Kier alpha value is -2.12. The number of anilines is 1. The van der Waals surface area contributed by atoms with Gasteiger partial charge in [-0.1, -0.05) is 35.9 Å². The third-order valence-corrected chi connectivity index (χ3v) is 6.33. The summed E-state index contributed by atoms with van der Waals surface area (Å²) in [7, 11) is 0. The van der Waals surface area contributed by atoms with E-state index in [9.17, 15) is 9.18 Å². The molecule has 8 heteroatoms. The van der Waals surface area contributed by atoms with Crippen molar-refractivity contribution in [3.05, 3.63) is 58.6 Å². The SMILES string of the molecule is NC1=N[C@@]2(c3cc(NC(=O)c4cccc(Cl)n4)ccc3F)CCC[C@H]2CS1. The first kappa shape index (κ1) is 18.3. The van der Waals surface area contributed by atoms with Gasteiger partial charge in [0, 0.05) is 17.0 Å². The van der Waals surface area contributed by atoms with Crippen molar-refractivity contribution in [2.24, 2.45) is 16.6 Å². The van der Waals surface area contributed by atoms with Gasteiger partial charge in [-0.3, -0.25) is 9.79 Å². The number of aromatic nitrogens is 1. The first-order valence-corrected chi connectivity index (χ1v) is 10.1. The largest absolute Gasteiger partial charge is 0.379 e. The minimum absolute atomic E-state index is 0.196. The van der Waals surface area contributed by atoms with E-state index in [0.29, 0.717) is 16.4 Å². The molecule has 140 valence electrons. The number of aliphatic imine (C=N–C) groups is 1. The maximum absolute atomic E-state index is 14.8. The van der Waals surface area contributed by atoms with Crippen LogP contribution < -0.4 is 11.1 Å². The van der Waals surface area contributed by atoms with E-state index in [1.54, 1.807) is 24.3 Å². The fourth-order valence-electron chi connectivity index (χ4n) is 3.92. The lowest BCUT2D eigenvalue weighted by Crippen LogP contribution is -2.37. The number of carbonyl (C=O) groups excluding carboxylic acids is 1. The van der Waals surface area contributed by atoms with Gasteiger partial charge in [-0.25, -0.2) is 9.37 Å². The molecule has 1 saturated carbocycles. The molecule has 2 aliphatic rings. The maximum Gasteiger partial charge on any atom is 0.274 e. The smallest absolute Gasteiger partial charge is 0.274 e. The molecular formula is C19H18ClFN4OS. The fraction of sp³-hybridized carbons (Fsp3) is 0.316. The lowest BCUT2D eigenvalue weighted by atomic mass is 9.81. The summed E-state index contributed by atoms with van der Waals surface area (Å²) in [6.45, 7) is 0. The Morgan fingerprint density at radius 2 is 2.22 bits per heavy atom. The van der Waals surface area contributed by atoms with Crippen LogP contribution in [0.15, 0.2) is 41.4 Å². The highest BCUT2D eigenvalue weighted by Crippen LogP contribution is 2.51. The highest BCUT2D eigenvalue weighted by atomic mass is 35.5. The molecule has 5 nitrogen and oxygen atoms in total. The topological polar surface area (TPSA) is 80.4 Å². The number of thioether (sulfide) groups is 1. The number of pyridine rings is 1. The van der Waals surface area contributed by atoms with Gasteiger partial charge in [-0.15, -0.1) is 0 Å². The van der Waals surface area contributed by atoms with Crippen molar-refractivity contribution in [1.29, 1.82) is 0 Å². The van der Waals surface area contributed by atoms with Gasteiger partial charge in [0.1, 0.15) is 16.7 Å². The number of nitrogens with two attached hydrogens (primary N) is 1. The lowest BCUT2D eigenvalue weighted by molar-refractivity contribution is 0.102. The number of hydrogen-bond acceptors (Lipinski definition) is 5. The van der Waals surface area contributed by atoms with E-state index in [1.165, 1.54) is 23.9 Å². The Balaban J connectivity index is 1.68. The van der Waals surface area contributed by atoms with Crippen molar-refractivity contribution in [2.45, 2.75) is 24.8 Å². The molecule has 1 aliphatic heterocycles. The van der Waals surface area contributed by atoms with Crippen molar-refractivity contribution < 1.29 is 9.18 Å². The predicted molar refractivity (Wildman–Crippen MR) is 107 cm³/mol. The Labute approximate surface area is 165 Å². The summed E-state index contributed by atoms with van der Waals surface area (Å²) >= 11 is 7.37. The molecule has 4 rings (SSSR count). The lowest BCUT2D eigenvalue weighted by Gasteiger charge is -2.36. The highest BCUT2D eigenvalue weighted by molar-refractivity contribution is 8.13. The molecule has 0 saturated heterocycles. The quantitative estimate of drug-likeness (QED) is 0.752. The minimum atomic E-state index is -0.644.